The Bertz CT molecular complexity index is 1250. The number of benzene rings is 3. The summed E-state index contributed by atoms with van der Waals surface area (Å²) in [6, 6.07) is 21.8. The third kappa shape index (κ3) is 4.46. The van der Waals surface area contributed by atoms with Crippen LogP contribution in [-0.4, -0.2) is 21.7 Å². The molecule has 1 heterocycles. The summed E-state index contributed by atoms with van der Waals surface area (Å²) in [6.45, 7) is 1.99. The van der Waals surface area contributed by atoms with E-state index in [-0.39, 0.29) is 29.8 Å². The van der Waals surface area contributed by atoms with Crippen LogP contribution in [0, 0.1) is 11.7 Å². The molecular formula is C27H26FN3O2. The van der Waals surface area contributed by atoms with Gasteiger partial charge < -0.3 is 10.1 Å². The molecule has 1 aromatic heterocycles. The Morgan fingerprint density at radius 1 is 1.09 bits per heavy atom. The van der Waals surface area contributed by atoms with Gasteiger partial charge in [-0.2, -0.15) is 5.10 Å². The highest BCUT2D eigenvalue weighted by molar-refractivity contribution is 5.82. The lowest BCUT2D eigenvalue weighted by atomic mass is 9.84. The van der Waals surface area contributed by atoms with E-state index in [2.05, 4.69) is 10.4 Å². The highest BCUT2D eigenvalue weighted by Crippen LogP contribution is 2.30. The van der Waals surface area contributed by atoms with Gasteiger partial charge in [0.1, 0.15) is 17.7 Å². The summed E-state index contributed by atoms with van der Waals surface area (Å²) < 4.78 is 21.5. The van der Waals surface area contributed by atoms with E-state index in [4.69, 9.17) is 4.74 Å². The molecule has 1 amide bonds. The Morgan fingerprint density at radius 2 is 1.85 bits per heavy atom. The number of nitrogens with one attached hydrogen (secondary N) is 1. The van der Waals surface area contributed by atoms with E-state index in [1.54, 1.807) is 23.0 Å². The van der Waals surface area contributed by atoms with Crippen LogP contribution in [0.5, 0.6) is 5.75 Å². The van der Waals surface area contributed by atoms with Crippen LogP contribution in [0.3, 0.4) is 0 Å². The zero-order valence-corrected chi connectivity index (χ0v) is 18.4. The topological polar surface area (TPSA) is 56.1 Å². The smallest absolute Gasteiger partial charge is 0.223 e. The number of amides is 1. The molecule has 1 aliphatic rings. The number of aromatic nitrogens is 2. The maximum absolute atomic E-state index is 13.3. The average molecular weight is 444 g/mol. The molecule has 2 unspecified atom stereocenters. The summed E-state index contributed by atoms with van der Waals surface area (Å²) in [7, 11) is 0. The van der Waals surface area contributed by atoms with E-state index in [1.807, 2.05) is 55.5 Å². The molecule has 0 saturated heterocycles. The lowest BCUT2D eigenvalue weighted by Crippen LogP contribution is -2.43. The number of fused-ring (bicyclic) bond motifs is 1. The molecule has 168 valence electrons. The molecule has 0 radical (unpaired) electrons. The van der Waals surface area contributed by atoms with Gasteiger partial charge in [0, 0.05) is 11.3 Å². The van der Waals surface area contributed by atoms with Gasteiger partial charge >= 0.3 is 0 Å². The molecule has 1 N–H and O–H groups in total. The second kappa shape index (κ2) is 9.06. The number of rotatable bonds is 7. The van der Waals surface area contributed by atoms with Crippen molar-refractivity contribution in [2.75, 3.05) is 0 Å². The van der Waals surface area contributed by atoms with Crippen molar-refractivity contribution in [1.29, 1.82) is 0 Å². The number of ether oxygens (including phenoxy) is 1. The number of hydrogen-bond donors (Lipinski definition) is 1. The first-order valence-electron chi connectivity index (χ1n) is 11.3. The van der Waals surface area contributed by atoms with Crippen molar-refractivity contribution in [3.05, 3.63) is 90.4 Å². The molecule has 1 saturated carbocycles. The lowest BCUT2D eigenvalue weighted by molar-refractivity contribution is -0.128. The number of hydrogen-bond acceptors (Lipinski definition) is 3. The average Bonchev–Trinajstić information content (AvgIpc) is 3.20. The highest BCUT2D eigenvalue weighted by Gasteiger charge is 2.29. The fraction of sp³-hybridized carbons (Fsp3) is 0.259. The van der Waals surface area contributed by atoms with Gasteiger partial charge in [-0.3, -0.25) is 4.79 Å². The van der Waals surface area contributed by atoms with Crippen molar-refractivity contribution < 1.29 is 13.9 Å². The predicted molar refractivity (Wildman–Crippen MR) is 126 cm³/mol. The van der Waals surface area contributed by atoms with E-state index >= 15 is 0 Å². The highest BCUT2D eigenvalue weighted by atomic mass is 19.1. The molecule has 1 aliphatic carbocycles. The van der Waals surface area contributed by atoms with Gasteiger partial charge in [0.15, 0.2) is 0 Å². The van der Waals surface area contributed by atoms with E-state index in [0.29, 0.717) is 5.75 Å². The van der Waals surface area contributed by atoms with E-state index in [1.165, 1.54) is 12.1 Å². The molecule has 5 nitrogen and oxygen atoms in total. The molecule has 3 aromatic carbocycles. The molecule has 5 rings (SSSR count). The summed E-state index contributed by atoms with van der Waals surface area (Å²) >= 11 is 0. The normalized spacial score (nSPS) is 15.6. The van der Waals surface area contributed by atoms with E-state index in [9.17, 15) is 9.18 Å². The number of nitrogens with zero attached hydrogens (tertiary/aromatic N) is 2. The maximum Gasteiger partial charge on any atom is 0.223 e. The summed E-state index contributed by atoms with van der Waals surface area (Å²) in [5.41, 5.74) is 2.69. The first-order chi connectivity index (χ1) is 16.1. The zero-order valence-electron chi connectivity index (χ0n) is 18.4. The van der Waals surface area contributed by atoms with E-state index in [0.717, 1.165) is 41.4 Å². The Morgan fingerprint density at radius 3 is 2.55 bits per heavy atom. The number of halogens is 1. The van der Waals surface area contributed by atoms with Crippen LogP contribution in [-0.2, 0) is 4.79 Å². The minimum atomic E-state index is -0.334. The van der Waals surface area contributed by atoms with Crippen LogP contribution in [0.2, 0.25) is 0 Å². The lowest BCUT2D eigenvalue weighted by Gasteiger charge is -2.30. The second-order valence-electron chi connectivity index (χ2n) is 8.63. The van der Waals surface area contributed by atoms with Crippen LogP contribution < -0.4 is 10.1 Å². The fourth-order valence-electron chi connectivity index (χ4n) is 4.21. The zero-order chi connectivity index (χ0) is 22.8. The van der Waals surface area contributed by atoms with Crippen molar-refractivity contribution in [2.24, 2.45) is 5.92 Å². The van der Waals surface area contributed by atoms with Crippen molar-refractivity contribution in [3.63, 3.8) is 0 Å². The quantitative estimate of drug-likeness (QED) is 0.405. The molecule has 33 heavy (non-hydrogen) atoms. The van der Waals surface area contributed by atoms with Gasteiger partial charge in [0.25, 0.3) is 0 Å². The third-order valence-electron chi connectivity index (χ3n) is 6.30. The molecule has 1 fully saturated rings. The van der Waals surface area contributed by atoms with Gasteiger partial charge in [0.05, 0.1) is 23.4 Å². The van der Waals surface area contributed by atoms with Crippen molar-refractivity contribution in [2.45, 2.75) is 38.3 Å². The minimum Gasteiger partial charge on any atom is -0.484 e. The number of carbonyl (C=O) groups excluding carboxylic acids is 1. The van der Waals surface area contributed by atoms with Gasteiger partial charge in [0.2, 0.25) is 5.91 Å². The molecule has 6 heteroatoms. The van der Waals surface area contributed by atoms with Crippen molar-refractivity contribution >= 4 is 16.8 Å². The SMILES string of the molecule is CC(NC(=O)C1CCC1)C(Oc1ccc2c(cnn2-c2ccc(F)cc2)c1)c1ccccc1. The maximum atomic E-state index is 13.3. The predicted octanol–water partition coefficient (Wildman–Crippen LogP) is 5.59. The van der Waals surface area contributed by atoms with Crippen LogP contribution in [0.15, 0.2) is 79.0 Å². The summed E-state index contributed by atoms with van der Waals surface area (Å²) in [5, 5.41) is 8.53. The first-order valence-corrected chi connectivity index (χ1v) is 11.3. The Hall–Kier alpha value is -3.67. The van der Waals surface area contributed by atoms with E-state index < -0.39 is 0 Å². The second-order valence-corrected chi connectivity index (χ2v) is 8.63. The van der Waals surface area contributed by atoms with Crippen LogP contribution >= 0.6 is 0 Å². The third-order valence-corrected chi connectivity index (χ3v) is 6.30. The minimum absolute atomic E-state index is 0.106. The summed E-state index contributed by atoms with van der Waals surface area (Å²) in [6.07, 6.45) is 4.48. The van der Waals surface area contributed by atoms with Gasteiger partial charge in [-0.25, -0.2) is 9.07 Å². The Balaban J connectivity index is 1.40. The summed E-state index contributed by atoms with van der Waals surface area (Å²) in [5.74, 6) is 0.642. The molecule has 0 spiro atoms. The largest absolute Gasteiger partial charge is 0.484 e. The van der Waals surface area contributed by atoms with Crippen LogP contribution in [0.1, 0.15) is 37.9 Å². The van der Waals surface area contributed by atoms with Crippen LogP contribution in [0.25, 0.3) is 16.6 Å². The molecular weight excluding hydrogens is 417 g/mol. The van der Waals surface area contributed by atoms with Crippen molar-refractivity contribution in [3.8, 4) is 11.4 Å². The summed E-state index contributed by atoms with van der Waals surface area (Å²) in [4.78, 5) is 12.6. The standard InChI is InChI=1S/C27H26FN3O2/c1-18(30-27(32)20-8-5-9-20)26(19-6-3-2-4-7-19)33-24-14-15-25-21(16-24)17-29-31(25)23-12-10-22(28)11-13-23/h2-4,6-7,10-18,20,26H,5,8-9H2,1H3,(H,30,32). The van der Waals surface area contributed by atoms with Gasteiger partial charge in [-0.05, 0) is 67.8 Å². The van der Waals surface area contributed by atoms with Crippen LogP contribution in [0.4, 0.5) is 4.39 Å². The fourth-order valence-corrected chi connectivity index (χ4v) is 4.21. The van der Waals surface area contributed by atoms with Gasteiger partial charge in [-0.15, -0.1) is 0 Å². The molecule has 2 atom stereocenters. The van der Waals surface area contributed by atoms with Gasteiger partial charge in [-0.1, -0.05) is 36.8 Å². The Kier molecular flexibility index (Phi) is 5.82. The molecule has 0 aliphatic heterocycles. The first kappa shape index (κ1) is 21.2. The Labute approximate surface area is 192 Å². The molecule has 0 bridgehead atoms. The monoisotopic (exact) mass is 443 g/mol. The van der Waals surface area contributed by atoms with Crippen molar-refractivity contribution in [1.82, 2.24) is 15.1 Å². The molecule has 4 aromatic rings. The number of carbonyl (C=O) groups is 1.